The molecule has 4 nitrogen and oxygen atoms in total. The third kappa shape index (κ3) is 4.13. The first kappa shape index (κ1) is 10.6. The molecule has 0 N–H and O–H groups in total. The highest BCUT2D eigenvalue weighted by molar-refractivity contribution is 6.37. The smallest absolute Gasteiger partial charge is 0.211 e. The van der Waals surface area contributed by atoms with E-state index < -0.39 is 9.68 Å². The van der Waals surface area contributed by atoms with Crippen molar-refractivity contribution in [1.29, 1.82) is 0 Å². The molecule has 0 aromatic heterocycles. The second-order valence-corrected chi connectivity index (χ2v) is 4.28. The Morgan fingerprint density at radius 2 is 1.91 bits per heavy atom. The Morgan fingerprint density at radius 3 is 2.18 bits per heavy atom. The highest BCUT2D eigenvalue weighted by Gasteiger charge is 2.11. The number of hydrogen-bond donors (Lipinski definition) is 0. The first-order valence-electron chi connectivity index (χ1n) is 3.39. The topological polar surface area (TPSA) is 38.8 Å². The Labute approximate surface area is 69.4 Å². The standard InChI is InChI=1S/C6H15NO3Si/c1-5(8)7(2)11-6(9-3)10-4/h6H,11H2,1-4H3. The minimum absolute atomic E-state index is 0.0655. The van der Waals surface area contributed by atoms with E-state index >= 15 is 0 Å². The molecule has 0 aliphatic rings. The van der Waals surface area contributed by atoms with Crippen LogP contribution in [0.3, 0.4) is 0 Å². The van der Waals surface area contributed by atoms with Gasteiger partial charge >= 0.3 is 0 Å². The first-order chi connectivity index (χ1) is 5.11. The average molecular weight is 177 g/mol. The Kier molecular flexibility index (Phi) is 5.09. The third-order valence-corrected chi connectivity index (χ3v) is 3.44. The molecule has 1 amide bonds. The molecular formula is C6H15NO3Si. The van der Waals surface area contributed by atoms with Crippen molar-refractivity contribution >= 4 is 15.6 Å². The van der Waals surface area contributed by atoms with Gasteiger partial charge in [-0.05, 0) is 0 Å². The van der Waals surface area contributed by atoms with Gasteiger partial charge in [-0.25, -0.2) is 0 Å². The zero-order chi connectivity index (χ0) is 8.85. The molecule has 0 aromatic rings. The maximum Gasteiger partial charge on any atom is 0.211 e. The van der Waals surface area contributed by atoms with Crippen molar-refractivity contribution in [3.05, 3.63) is 0 Å². The minimum atomic E-state index is -0.758. The van der Waals surface area contributed by atoms with E-state index in [1.165, 1.54) is 6.92 Å². The highest BCUT2D eigenvalue weighted by atomic mass is 28.2. The number of rotatable bonds is 4. The van der Waals surface area contributed by atoms with Crippen LogP contribution in [0.25, 0.3) is 0 Å². The number of hydrogen-bond acceptors (Lipinski definition) is 3. The fourth-order valence-corrected chi connectivity index (χ4v) is 1.60. The largest absolute Gasteiger partial charge is 0.372 e. The molecule has 0 aliphatic heterocycles. The summed E-state index contributed by atoms with van der Waals surface area (Å²) in [6.45, 7) is 1.54. The minimum Gasteiger partial charge on any atom is -0.372 e. The zero-order valence-electron chi connectivity index (χ0n) is 7.46. The van der Waals surface area contributed by atoms with Gasteiger partial charge in [-0.3, -0.25) is 4.79 Å². The number of carbonyl (C=O) groups is 1. The number of methoxy groups -OCH3 is 2. The van der Waals surface area contributed by atoms with E-state index in [0.717, 1.165) is 0 Å². The second-order valence-electron chi connectivity index (χ2n) is 2.30. The summed E-state index contributed by atoms with van der Waals surface area (Å²) in [6.07, 6.45) is 0. The van der Waals surface area contributed by atoms with E-state index in [-0.39, 0.29) is 11.8 Å². The summed E-state index contributed by atoms with van der Waals surface area (Å²) in [5, 5.41) is 0. The van der Waals surface area contributed by atoms with Gasteiger partial charge in [0.05, 0.1) is 0 Å². The molecule has 0 saturated heterocycles. The van der Waals surface area contributed by atoms with Crippen LogP contribution in [-0.4, -0.2) is 47.3 Å². The maximum atomic E-state index is 10.8. The zero-order valence-corrected chi connectivity index (χ0v) is 8.87. The van der Waals surface area contributed by atoms with Crippen LogP contribution in [-0.2, 0) is 14.3 Å². The number of amides is 1. The van der Waals surface area contributed by atoms with E-state index in [2.05, 4.69) is 0 Å². The summed E-state index contributed by atoms with van der Waals surface area (Å²) in [7, 11) is 4.16. The second kappa shape index (κ2) is 5.28. The highest BCUT2D eigenvalue weighted by Crippen LogP contribution is 1.91. The van der Waals surface area contributed by atoms with Crippen LogP contribution in [0, 0.1) is 0 Å². The Balaban J connectivity index is 3.71. The molecule has 0 aromatic carbocycles. The molecule has 0 unspecified atom stereocenters. The van der Waals surface area contributed by atoms with Crippen LogP contribution in [0.1, 0.15) is 6.92 Å². The van der Waals surface area contributed by atoms with Crippen molar-refractivity contribution in [2.24, 2.45) is 0 Å². The summed E-state index contributed by atoms with van der Waals surface area (Å²) >= 11 is 0. The van der Waals surface area contributed by atoms with Crippen LogP contribution in [0.2, 0.25) is 0 Å². The molecule has 5 heteroatoms. The van der Waals surface area contributed by atoms with Crippen LogP contribution < -0.4 is 0 Å². The van der Waals surface area contributed by atoms with Gasteiger partial charge in [-0.1, -0.05) is 0 Å². The number of ether oxygens (including phenoxy) is 2. The van der Waals surface area contributed by atoms with Crippen molar-refractivity contribution < 1.29 is 14.3 Å². The third-order valence-electron chi connectivity index (χ3n) is 1.49. The SMILES string of the molecule is COC(OC)[SiH2]N(C)C(C)=O. The molecule has 0 heterocycles. The van der Waals surface area contributed by atoms with Crippen LogP contribution in [0.15, 0.2) is 0 Å². The molecule has 0 bridgehead atoms. The summed E-state index contributed by atoms with van der Waals surface area (Å²) in [5.41, 5.74) is 0. The molecule has 0 fully saturated rings. The Morgan fingerprint density at radius 1 is 1.45 bits per heavy atom. The van der Waals surface area contributed by atoms with Gasteiger partial charge in [0.15, 0.2) is 15.6 Å². The average Bonchev–Trinajstić information content (AvgIpc) is 1.99. The van der Waals surface area contributed by atoms with Crippen LogP contribution >= 0.6 is 0 Å². The molecule has 0 saturated carbocycles. The molecular weight excluding hydrogens is 162 g/mol. The van der Waals surface area contributed by atoms with Gasteiger partial charge in [0, 0.05) is 28.2 Å². The van der Waals surface area contributed by atoms with E-state index in [1.54, 1.807) is 25.8 Å². The molecule has 0 radical (unpaired) electrons. The van der Waals surface area contributed by atoms with Gasteiger partial charge in [0.25, 0.3) is 0 Å². The Bertz CT molecular complexity index is 127. The van der Waals surface area contributed by atoms with E-state index in [0.29, 0.717) is 0 Å². The van der Waals surface area contributed by atoms with E-state index in [1.807, 2.05) is 0 Å². The molecule has 0 spiro atoms. The van der Waals surface area contributed by atoms with Crippen LogP contribution in [0.5, 0.6) is 0 Å². The molecule has 66 valence electrons. The molecule has 11 heavy (non-hydrogen) atoms. The van der Waals surface area contributed by atoms with Gasteiger partial charge in [0.2, 0.25) is 5.91 Å². The molecule has 0 aliphatic carbocycles. The van der Waals surface area contributed by atoms with Crippen molar-refractivity contribution in [2.75, 3.05) is 21.3 Å². The summed E-state index contributed by atoms with van der Waals surface area (Å²) in [4.78, 5) is 10.8. The lowest BCUT2D eigenvalue weighted by Gasteiger charge is -2.19. The lowest BCUT2D eigenvalue weighted by atomic mass is 10.7. The van der Waals surface area contributed by atoms with E-state index in [9.17, 15) is 4.79 Å². The normalized spacial score (nSPS) is 11.4. The maximum absolute atomic E-state index is 10.8. The summed E-state index contributed by atoms with van der Waals surface area (Å²) in [6, 6.07) is 0. The Hall–Kier alpha value is -0.393. The fraction of sp³-hybridized carbons (Fsp3) is 0.833. The number of carbonyl (C=O) groups excluding carboxylic acids is 1. The van der Waals surface area contributed by atoms with Crippen molar-refractivity contribution in [1.82, 2.24) is 4.57 Å². The predicted octanol–water partition coefficient (Wildman–Crippen LogP) is -0.875. The van der Waals surface area contributed by atoms with Gasteiger partial charge in [-0.15, -0.1) is 0 Å². The van der Waals surface area contributed by atoms with E-state index in [4.69, 9.17) is 9.47 Å². The van der Waals surface area contributed by atoms with Gasteiger partial charge in [0.1, 0.15) is 0 Å². The monoisotopic (exact) mass is 177 g/mol. The fourth-order valence-electron chi connectivity index (χ4n) is 0.597. The van der Waals surface area contributed by atoms with Crippen LogP contribution in [0.4, 0.5) is 0 Å². The summed E-state index contributed by atoms with van der Waals surface area (Å²) < 4.78 is 11.6. The molecule has 0 rings (SSSR count). The first-order valence-corrected chi connectivity index (χ1v) is 4.84. The summed E-state index contributed by atoms with van der Waals surface area (Å²) in [5.74, 6) is -0.125. The van der Waals surface area contributed by atoms with Crippen molar-refractivity contribution in [3.63, 3.8) is 0 Å². The van der Waals surface area contributed by atoms with Crippen molar-refractivity contribution in [3.8, 4) is 0 Å². The lowest BCUT2D eigenvalue weighted by Crippen LogP contribution is -2.38. The number of nitrogens with zero attached hydrogens (tertiary/aromatic N) is 1. The lowest BCUT2D eigenvalue weighted by molar-refractivity contribution is -0.124. The van der Waals surface area contributed by atoms with Gasteiger partial charge < -0.3 is 14.0 Å². The predicted molar refractivity (Wildman–Crippen MR) is 44.8 cm³/mol. The molecule has 0 atom stereocenters. The van der Waals surface area contributed by atoms with Gasteiger partial charge in [-0.2, -0.15) is 0 Å². The van der Waals surface area contributed by atoms with Crippen molar-refractivity contribution in [2.45, 2.75) is 12.8 Å². The quantitative estimate of drug-likeness (QED) is 0.414.